The van der Waals surface area contributed by atoms with Gasteiger partial charge in [-0.05, 0) is 42.7 Å². The topological polar surface area (TPSA) is 41.8 Å². The molecule has 104 valence electrons. The van der Waals surface area contributed by atoms with E-state index in [0.717, 1.165) is 23.6 Å². The summed E-state index contributed by atoms with van der Waals surface area (Å²) in [7, 11) is 0. The first kappa shape index (κ1) is 12.2. The van der Waals surface area contributed by atoms with E-state index in [1.54, 1.807) is 6.26 Å². The van der Waals surface area contributed by atoms with Gasteiger partial charge >= 0.3 is 0 Å². The van der Waals surface area contributed by atoms with Crippen LogP contribution in [0.15, 0.2) is 53.1 Å². The first-order valence-corrected chi connectivity index (χ1v) is 7.17. The number of nitrogens with zero attached hydrogens (tertiary/aromatic N) is 1. The van der Waals surface area contributed by atoms with Gasteiger partial charge in [-0.25, -0.2) is 0 Å². The summed E-state index contributed by atoms with van der Waals surface area (Å²) in [6.07, 6.45) is 4.86. The molecule has 0 radical (unpaired) electrons. The van der Waals surface area contributed by atoms with E-state index in [0.29, 0.717) is 0 Å². The van der Waals surface area contributed by atoms with Crippen LogP contribution in [0.25, 0.3) is 11.6 Å². The maximum atomic E-state index is 5.67. The third-order valence-electron chi connectivity index (χ3n) is 4.14. The fourth-order valence-electron chi connectivity index (χ4n) is 3.14. The minimum Gasteiger partial charge on any atom is -0.469 e. The number of hydrogen-bond donors (Lipinski definition) is 1. The van der Waals surface area contributed by atoms with Crippen LogP contribution >= 0.6 is 0 Å². The third-order valence-corrected chi connectivity index (χ3v) is 4.14. The standard InChI is InChI=1S/C18H16N2O/c1-12-18-15(17-8-5-9-21-17)10-14(11-16(18)20-19-12)13-6-3-2-4-7-13/h2-9,11,15H,10H2,1H3,(H,19,20)/t15-/m1/s1. The molecule has 2 aromatic heterocycles. The molecule has 0 aliphatic heterocycles. The highest BCUT2D eigenvalue weighted by Gasteiger charge is 2.29. The van der Waals surface area contributed by atoms with E-state index in [2.05, 4.69) is 53.5 Å². The number of H-pyrrole nitrogens is 1. The Kier molecular flexibility index (Phi) is 2.78. The average molecular weight is 276 g/mol. The fourth-order valence-corrected chi connectivity index (χ4v) is 3.14. The highest BCUT2D eigenvalue weighted by molar-refractivity contribution is 5.84. The summed E-state index contributed by atoms with van der Waals surface area (Å²) in [4.78, 5) is 0. The number of aromatic nitrogens is 2. The van der Waals surface area contributed by atoms with Crippen molar-refractivity contribution in [3.8, 4) is 0 Å². The molecule has 0 bridgehead atoms. The Morgan fingerprint density at radius 1 is 1.14 bits per heavy atom. The highest BCUT2D eigenvalue weighted by atomic mass is 16.3. The molecule has 1 N–H and O–H groups in total. The zero-order valence-corrected chi connectivity index (χ0v) is 11.8. The van der Waals surface area contributed by atoms with Crippen LogP contribution in [0.1, 0.15) is 40.6 Å². The molecule has 0 saturated carbocycles. The minimum absolute atomic E-state index is 0.231. The maximum Gasteiger partial charge on any atom is 0.111 e. The van der Waals surface area contributed by atoms with E-state index >= 15 is 0 Å². The van der Waals surface area contributed by atoms with E-state index in [1.807, 2.05) is 12.1 Å². The average Bonchev–Trinajstić information content (AvgIpc) is 3.18. The van der Waals surface area contributed by atoms with Gasteiger partial charge in [0.05, 0.1) is 17.9 Å². The number of allylic oxidation sites excluding steroid dienone is 1. The molecule has 3 aromatic rings. The lowest BCUT2D eigenvalue weighted by Crippen LogP contribution is -2.08. The Hall–Kier alpha value is -2.55. The molecular formula is C18H16N2O. The van der Waals surface area contributed by atoms with Gasteiger partial charge in [0.2, 0.25) is 0 Å². The predicted molar refractivity (Wildman–Crippen MR) is 82.8 cm³/mol. The van der Waals surface area contributed by atoms with Crippen molar-refractivity contribution in [2.24, 2.45) is 0 Å². The molecular weight excluding hydrogens is 260 g/mol. The number of benzene rings is 1. The number of rotatable bonds is 2. The van der Waals surface area contributed by atoms with Crippen LogP contribution in [0.3, 0.4) is 0 Å². The van der Waals surface area contributed by atoms with Gasteiger partial charge in [-0.3, -0.25) is 5.10 Å². The fraction of sp³-hybridized carbons (Fsp3) is 0.167. The van der Waals surface area contributed by atoms with Crippen LogP contribution in [0.4, 0.5) is 0 Å². The van der Waals surface area contributed by atoms with Gasteiger partial charge in [0.25, 0.3) is 0 Å². The molecule has 0 amide bonds. The zero-order chi connectivity index (χ0) is 14.2. The molecule has 1 aliphatic carbocycles. The summed E-state index contributed by atoms with van der Waals surface area (Å²) < 4.78 is 5.67. The predicted octanol–water partition coefficient (Wildman–Crippen LogP) is 4.39. The largest absolute Gasteiger partial charge is 0.469 e. The molecule has 1 atom stereocenters. The maximum absolute atomic E-state index is 5.67. The van der Waals surface area contributed by atoms with Gasteiger partial charge in [0.1, 0.15) is 5.76 Å². The third kappa shape index (κ3) is 2.02. The first-order valence-electron chi connectivity index (χ1n) is 7.17. The Labute approximate surface area is 123 Å². The lowest BCUT2D eigenvalue weighted by molar-refractivity contribution is 0.486. The SMILES string of the molecule is Cc1[nH]nc2c1[C@@H](c1ccco1)CC(c1ccccc1)=C2. The highest BCUT2D eigenvalue weighted by Crippen LogP contribution is 2.42. The number of hydrogen-bond acceptors (Lipinski definition) is 2. The lowest BCUT2D eigenvalue weighted by atomic mass is 9.81. The number of nitrogens with one attached hydrogen (secondary N) is 1. The molecule has 0 unspecified atom stereocenters. The molecule has 4 rings (SSSR count). The normalized spacial score (nSPS) is 17.4. The summed E-state index contributed by atoms with van der Waals surface area (Å²) in [5, 5.41) is 7.56. The second-order valence-electron chi connectivity index (χ2n) is 5.46. The second-order valence-corrected chi connectivity index (χ2v) is 5.46. The van der Waals surface area contributed by atoms with Gasteiger partial charge in [-0.1, -0.05) is 30.3 Å². The Balaban J connectivity index is 1.85. The van der Waals surface area contributed by atoms with Crippen LogP contribution in [-0.2, 0) is 0 Å². The van der Waals surface area contributed by atoms with Crippen LogP contribution < -0.4 is 0 Å². The molecule has 2 heterocycles. The number of aromatic amines is 1. The molecule has 1 aliphatic rings. The van der Waals surface area contributed by atoms with E-state index in [1.165, 1.54) is 16.7 Å². The van der Waals surface area contributed by atoms with Gasteiger partial charge in [0.15, 0.2) is 0 Å². The molecule has 3 heteroatoms. The van der Waals surface area contributed by atoms with Crippen molar-refractivity contribution in [2.75, 3.05) is 0 Å². The van der Waals surface area contributed by atoms with Crippen molar-refractivity contribution < 1.29 is 4.42 Å². The zero-order valence-electron chi connectivity index (χ0n) is 11.8. The van der Waals surface area contributed by atoms with Crippen LogP contribution in [-0.4, -0.2) is 10.2 Å². The molecule has 3 nitrogen and oxygen atoms in total. The van der Waals surface area contributed by atoms with Crippen molar-refractivity contribution in [1.29, 1.82) is 0 Å². The summed E-state index contributed by atoms with van der Waals surface area (Å²) in [6, 6.07) is 14.5. The smallest absolute Gasteiger partial charge is 0.111 e. The Morgan fingerprint density at radius 3 is 2.76 bits per heavy atom. The van der Waals surface area contributed by atoms with Crippen molar-refractivity contribution in [3.63, 3.8) is 0 Å². The minimum atomic E-state index is 0.231. The van der Waals surface area contributed by atoms with Gasteiger partial charge in [0, 0.05) is 11.3 Å². The lowest BCUT2D eigenvalue weighted by Gasteiger charge is -2.22. The van der Waals surface area contributed by atoms with Crippen LogP contribution in [0, 0.1) is 6.92 Å². The van der Waals surface area contributed by atoms with Crippen LogP contribution in [0.2, 0.25) is 0 Å². The van der Waals surface area contributed by atoms with E-state index in [4.69, 9.17) is 4.42 Å². The number of aryl methyl sites for hydroxylation is 1. The van der Waals surface area contributed by atoms with E-state index in [-0.39, 0.29) is 5.92 Å². The van der Waals surface area contributed by atoms with E-state index in [9.17, 15) is 0 Å². The summed E-state index contributed by atoms with van der Waals surface area (Å²) >= 11 is 0. The van der Waals surface area contributed by atoms with Crippen LogP contribution in [0.5, 0.6) is 0 Å². The first-order chi connectivity index (χ1) is 10.3. The van der Waals surface area contributed by atoms with Crippen molar-refractivity contribution >= 4 is 11.6 Å². The van der Waals surface area contributed by atoms with Gasteiger partial charge in [-0.2, -0.15) is 5.10 Å². The quantitative estimate of drug-likeness (QED) is 0.754. The molecule has 0 fully saturated rings. The summed E-state index contributed by atoms with van der Waals surface area (Å²) in [6.45, 7) is 2.07. The van der Waals surface area contributed by atoms with Gasteiger partial charge < -0.3 is 4.42 Å². The number of fused-ring (bicyclic) bond motifs is 1. The monoisotopic (exact) mass is 276 g/mol. The molecule has 0 spiro atoms. The molecule has 0 saturated heterocycles. The summed E-state index contributed by atoms with van der Waals surface area (Å²) in [5.74, 6) is 1.23. The van der Waals surface area contributed by atoms with Crippen molar-refractivity contribution in [2.45, 2.75) is 19.3 Å². The van der Waals surface area contributed by atoms with Crippen molar-refractivity contribution in [1.82, 2.24) is 10.2 Å². The molecule has 21 heavy (non-hydrogen) atoms. The molecule has 1 aromatic carbocycles. The van der Waals surface area contributed by atoms with Crippen molar-refractivity contribution in [3.05, 3.63) is 77.0 Å². The van der Waals surface area contributed by atoms with Gasteiger partial charge in [-0.15, -0.1) is 0 Å². The Bertz CT molecular complexity index is 782. The Morgan fingerprint density at radius 2 is 2.00 bits per heavy atom. The number of furan rings is 1. The summed E-state index contributed by atoms with van der Waals surface area (Å²) in [5.41, 5.74) is 5.95. The van der Waals surface area contributed by atoms with E-state index < -0.39 is 0 Å². The second kappa shape index (κ2) is 4.77.